The van der Waals surface area contributed by atoms with Crippen LogP contribution in [0.15, 0.2) is 65.4 Å². The zero-order valence-electron chi connectivity index (χ0n) is 12.2. The van der Waals surface area contributed by atoms with Crippen molar-refractivity contribution in [3.05, 3.63) is 71.0 Å². The molecule has 0 saturated heterocycles. The number of hydrogen-bond acceptors (Lipinski definition) is 3. The predicted molar refractivity (Wildman–Crippen MR) is 84.4 cm³/mol. The minimum atomic E-state index is -0.160. The molecule has 0 amide bonds. The first-order valence-electron chi connectivity index (χ1n) is 6.94. The Kier molecular flexibility index (Phi) is 4.77. The smallest absolute Gasteiger partial charge is 0.0646 e. The summed E-state index contributed by atoms with van der Waals surface area (Å²) in [5.41, 5.74) is 11.0. The summed E-state index contributed by atoms with van der Waals surface area (Å²) in [7, 11) is 0. The Morgan fingerprint density at radius 1 is 1.20 bits per heavy atom. The molecule has 0 fully saturated rings. The topological polar surface area (TPSA) is 55.3 Å². The molecule has 0 aliphatic heterocycles. The Morgan fingerprint density at radius 2 is 1.90 bits per heavy atom. The van der Waals surface area contributed by atoms with Gasteiger partial charge >= 0.3 is 0 Å². The Labute approximate surface area is 121 Å². The fourth-order valence-electron chi connectivity index (χ4n) is 2.22. The summed E-state index contributed by atoms with van der Waals surface area (Å²) in [5, 5.41) is 1.75. The summed E-state index contributed by atoms with van der Waals surface area (Å²) in [4.78, 5) is 0. The monoisotopic (exact) mass is 269 g/mol. The second kappa shape index (κ2) is 6.55. The summed E-state index contributed by atoms with van der Waals surface area (Å²) in [6.45, 7) is 4.92. The van der Waals surface area contributed by atoms with Crippen LogP contribution in [0.25, 0.3) is 0 Å². The van der Waals surface area contributed by atoms with Crippen molar-refractivity contribution in [2.75, 3.05) is 0 Å². The van der Waals surface area contributed by atoms with Gasteiger partial charge in [0.2, 0.25) is 0 Å². The summed E-state index contributed by atoms with van der Waals surface area (Å²) in [5.74, 6) is 6.21. The van der Waals surface area contributed by atoms with Gasteiger partial charge in [-0.25, -0.2) is 5.84 Å². The zero-order chi connectivity index (χ0) is 14.5. The molecule has 1 aliphatic rings. The SMILES string of the molecule is C/C1=C(\C)C/C=C(/N(N)Cc2ccccc2)C(N)C=C1. The fourth-order valence-corrected chi connectivity index (χ4v) is 2.22. The van der Waals surface area contributed by atoms with Gasteiger partial charge in [-0.3, -0.25) is 0 Å². The van der Waals surface area contributed by atoms with Gasteiger partial charge in [0.05, 0.1) is 12.6 Å². The molecule has 0 aromatic heterocycles. The number of nitrogens with two attached hydrogens (primary N) is 2. The number of hydrogen-bond donors (Lipinski definition) is 2. The Balaban J connectivity index is 2.16. The van der Waals surface area contributed by atoms with Crippen LogP contribution in [0, 0.1) is 0 Å². The van der Waals surface area contributed by atoms with Crippen molar-refractivity contribution in [1.29, 1.82) is 0 Å². The van der Waals surface area contributed by atoms with E-state index in [1.807, 2.05) is 24.3 Å². The Bertz CT molecular complexity index is 541. The van der Waals surface area contributed by atoms with Crippen molar-refractivity contribution in [1.82, 2.24) is 5.01 Å². The highest BCUT2D eigenvalue weighted by Crippen LogP contribution is 2.19. The molecule has 2 rings (SSSR count). The van der Waals surface area contributed by atoms with Gasteiger partial charge in [0.15, 0.2) is 0 Å². The van der Waals surface area contributed by atoms with Crippen molar-refractivity contribution in [2.24, 2.45) is 11.6 Å². The second-order valence-corrected chi connectivity index (χ2v) is 5.29. The van der Waals surface area contributed by atoms with Crippen molar-refractivity contribution in [3.63, 3.8) is 0 Å². The van der Waals surface area contributed by atoms with E-state index in [-0.39, 0.29) is 6.04 Å². The van der Waals surface area contributed by atoms with Crippen LogP contribution in [0.2, 0.25) is 0 Å². The number of allylic oxidation sites excluding steroid dienone is 4. The first-order chi connectivity index (χ1) is 9.58. The van der Waals surface area contributed by atoms with Gasteiger partial charge in [-0.1, -0.05) is 59.7 Å². The fraction of sp³-hybridized carbons (Fsp3) is 0.294. The van der Waals surface area contributed by atoms with Crippen LogP contribution in [-0.4, -0.2) is 11.1 Å². The summed E-state index contributed by atoms with van der Waals surface area (Å²) >= 11 is 0. The quantitative estimate of drug-likeness (QED) is 0.655. The molecule has 1 unspecified atom stereocenters. The molecular formula is C17H23N3. The second-order valence-electron chi connectivity index (χ2n) is 5.29. The largest absolute Gasteiger partial charge is 0.320 e. The number of hydrazine groups is 1. The van der Waals surface area contributed by atoms with Crippen molar-refractivity contribution < 1.29 is 0 Å². The highest BCUT2D eigenvalue weighted by molar-refractivity contribution is 5.31. The first-order valence-corrected chi connectivity index (χ1v) is 6.94. The van der Waals surface area contributed by atoms with Crippen LogP contribution >= 0.6 is 0 Å². The van der Waals surface area contributed by atoms with E-state index < -0.39 is 0 Å². The van der Waals surface area contributed by atoms with Gasteiger partial charge in [0, 0.05) is 5.70 Å². The molecule has 0 bridgehead atoms. The van der Waals surface area contributed by atoms with Gasteiger partial charge < -0.3 is 10.7 Å². The maximum atomic E-state index is 6.21. The lowest BCUT2D eigenvalue weighted by molar-refractivity contribution is 0.334. The minimum absolute atomic E-state index is 0.160. The lowest BCUT2D eigenvalue weighted by Crippen LogP contribution is -2.38. The molecule has 0 saturated carbocycles. The third kappa shape index (κ3) is 3.59. The molecule has 4 N–H and O–H groups in total. The molecule has 20 heavy (non-hydrogen) atoms. The van der Waals surface area contributed by atoms with Crippen LogP contribution in [0.5, 0.6) is 0 Å². The lowest BCUT2D eigenvalue weighted by Gasteiger charge is -2.26. The van der Waals surface area contributed by atoms with Crippen LogP contribution in [0.4, 0.5) is 0 Å². The minimum Gasteiger partial charge on any atom is -0.320 e. The standard InChI is InChI=1S/C17H23N3/c1-13-8-10-16(18)17(11-9-14(13)2)20(19)12-15-6-4-3-5-7-15/h3-8,10-11,16H,9,12,18-19H2,1-2H3/b10-8?,14-13-,17-11+. The molecule has 1 aromatic carbocycles. The normalized spacial score (nSPS) is 25.6. The van der Waals surface area contributed by atoms with E-state index in [0.29, 0.717) is 6.54 Å². The van der Waals surface area contributed by atoms with Gasteiger partial charge in [-0.2, -0.15) is 0 Å². The van der Waals surface area contributed by atoms with Crippen LogP contribution in [0.3, 0.4) is 0 Å². The van der Waals surface area contributed by atoms with Crippen LogP contribution < -0.4 is 11.6 Å². The van der Waals surface area contributed by atoms with E-state index in [4.69, 9.17) is 11.6 Å². The molecule has 106 valence electrons. The molecule has 1 aliphatic carbocycles. The van der Waals surface area contributed by atoms with E-state index in [1.54, 1.807) is 5.01 Å². The Morgan fingerprint density at radius 3 is 2.60 bits per heavy atom. The Hall–Kier alpha value is -1.84. The summed E-state index contributed by atoms with van der Waals surface area (Å²) in [6, 6.07) is 10.0. The van der Waals surface area contributed by atoms with Gasteiger partial charge in [-0.05, 0) is 25.8 Å². The number of nitrogens with zero attached hydrogens (tertiary/aromatic N) is 1. The first kappa shape index (κ1) is 14.6. The lowest BCUT2D eigenvalue weighted by atomic mass is 10.0. The molecule has 1 aromatic rings. The number of rotatable bonds is 3. The molecule has 3 nitrogen and oxygen atoms in total. The van der Waals surface area contributed by atoms with Crippen LogP contribution in [-0.2, 0) is 6.54 Å². The highest BCUT2D eigenvalue weighted by atomic mass is 15.4. The van der Waals surface area contributed by atoms with Crippen molar-refractivity contribution >= 4 is 0 Å². The molecular weight excluding hydrogens is 246 g/mol. The maximum Gasteiger partial charge on any atom is 0.0646 e. The van der Waals surface area contributed by atoms with E-state index in [1.165, 1.54) is 16.7 Å². The molecule has 3 heteroatoms. The maximum absolute atomic E-state index is 6.21. The van der Waals surface area contributed by atoms with Gasteiger partial charge in [-0.15, -0.1) is 0 Å². The average molecular weight is 269 g/mol. The predicted octanol–water partition coefficient (Wildman–Crippen LogP) is 2.87. The highest BCUT2D eigenvalue weighted by Gasteiger charge is 2.14. The van der Waals surface area contributed by atoms with E-state index >= 15 is 0 Å². The third-order valence-corrected chi connectivity index (χ3v) is 3.71. The van der Waals surface area contributed by atoms with Crippen molar-refractivity contribution in [2.45, 2.75) is 32.9 Å². The van der Waals surface area contributed by atoms with Crippen molar-refractivity contribution in [3.8, 4) is 0 Å². The molecule has 0 spiro atoms. The van der Waals surface area contributed by atoms with E-state index in [0.717, 1.165) is 12.1 Å². The molecule has 0 heterocycles. The molecule has 1 atom stereocenters. The molecule has 0 radical (unpaired) electrons. The number of benzene rings is 1. The van der Waals surface area contributed by atoms with E-state index in [2.05, 4.69) is 38.1 Å². The van der Waals surface area contributed by atoms with Gasteiger partial charge in [0.1, 0.15) is 0 Å². The average Bonchev–Trinajstić information content (AvgIpc) is 2.44. The van der Waals surface area contributed by atoms with Crippen LogP contribution in [0.1, 0.15) is 25.8 Å². The van der Waals surface area contributed by atoms with Gasteiger partial charge in [0.25, 0.3) is 0 Å². The summed E-state index contributed by atoms with van der Waals surface area (Å²) in [6.07, 6.45) is 7.12. The summed E-state index contributed by atoms with van der Waals surface area (Å²) < 4.78 is 0. The third-order valence-electron chi connectivity index (χ3n) is 3.71. The van der Waals surface area contributed by atoms with E-state index in [9.17, 15) is 0 Å². The zero-order valence-corrected chi connectivity index (χ0v) is 12.2.